The number of fused-ring (bicyclic) bond motifs is 1. The van der Waals surface area contributed by atoms with Crippen LogP contribution in [-0.2, 0) is 19.5 Å². The van der Waals surface area contributed by atoms with Gasteiger partial charge in [-0.3, -0.25) is 14.1 Å². The third-order valence-corrected chi connectivity index (χ3v) is 8.70. The van der Waals surface area contributed by atoms with Gasteiger partial charge in [0.25, 0.3) is 5.91 Å². The van der Waals surface area contributed by atoms with Crippen LogP contribution in [0.4, 0.5) is 8.78 Å². The first kappa shape index (κ1) is 27.3. The normalized spacial score (nSPS) is 13.5. The van der Waals surface area contributed by atoms with Gasteiger partial charge in [0.15, 0.2) is 5.12 Å². The molecule has 0 fully saturated rings. The zero-order chi connectivity index (χ0) is 25.6. The average molecular weight is 542 g/mol. The Labute approximate surface area is 210 Å². The number of hydrogen-bond acceptors (Lipinski definition) is 7. The van der Waals surface area contributed by atoms with E-state index in [9.17, 15) is 14.2 Å². The molecule has 3 rings (SSSR count). The van der Waals surface area contributed by atoms with Gasteiger partial charge in [-0.05, 0) is 41.6 Å². The molecule has 6 nitrogen and oxygen atoms in total. The highest BCUT2D eigenvalue weighted by Gasteiger charge is 2.56. The van der Waals surface area contributed by atoms with Gasteiger partial charge in [-0.15, -0.1) is 11.3 Å². The lowest BCUT2D eigenvalue weighted by Gasteiger charge is -2.27. The van der Waals surface area contributed by atoms with Crippen LogP contribution >= 0.6 is 30.7 Å². The lowest BCUT2D eigenvalue weighted by Crippen LogP contribution is -2.20. The highest BCUT2D eigenvalue weighted by Crippen LogP contribution is 2.66. The molecule has 2 aromatic carbocycles. The predicted octanol–water partition coefficient (Wildman–Crippen LogP) is 6.90. The average Bonchev–Trinajstić information content (AvgIpc) is 3.25. The van der Waals surface area contributed by atoms with Crippen LogP contribution in [0.25, 0.3) is 10.1 Å². The maximum absolute atomic E-state index is 15.7. The molecule has 0 saturated heterocycles. The lowest BCUT2D eigenvalue weighted by atomic mass is 10.1. The fourth-order valence-electron chi connectivity index (χ4n) is 3.11. The fraction of sp³-hybridized carbons (Fsp3) is 0.333. The second kappa shape index (κ2) is 11.6. The number of halogens is 2. The van der Waals surface area contributed by atoms with Crippen LogP contribution in [0.5, 0.6) is 5.75 Å². The van der Waals surface area contributed by atoms with Crippen molar-refractivity contribution in [3.63, 3.8) is 0 Å². The number of hydrogen-bond donors (Lipinski definition) is 1. The Hall–Kier alpha value is -2.26. The van der Waals surface area contributed by atoms with Gasteiger partial charge in [0.05, 0.1) is 11.5 Å². The van der Waals surface area contributed by atoms with E-state index in [4.69, 9.17) is 9.05 Å². The van der Waals surface area contributed by atoms with E-state index >= 15 is 8.78 Å². The first-order valence-electron chi connectivity index (χ1n) is 10.8. The summed E-state index contributed by atoms with van der Waals surface area (Å²) in [6.45, 7) is 3.44. The Bertz CT molecular complexity index is 1230. The molecule has 0 saturated carbocycles. The molecule has 1 unspecified atom stereocenters. The summed E-state index contributed by atoms with van der Waals surface area (Å²) >= 11 is 2.11. The number of alkyl halides is 2. The quantitative estimate of drug-likeness (QED) is 0.210. The second-order valence-corrected chi connectivity index (χ2v) is 12.3. The van der Waals surface area contributed by atoms with Crippen LogP contribution in [0.2, 0.25) is 0 Å². The molecule has 1 N–H and O–H groups in total. The van der Waals surface area contributed by atoms with E-state index in [1.165, 1.54) is 37.4 Å². The maximum atomic E-state index is 15.7. The monoisotopic (exact) mass is 541 g/mol. The van der Waals surface area contributed by atoms with E-state index in [1.807, 2.05) is 13.8 Å². The Morgan fingerprint density at radius 3 is 2.51 bits per heavy atom. The number of benzene rings is 2. The van der Waals surface area contributed by atoms with Gasteiger partial charge in [-0.2, -0.15) is 8.78 Å². The summed E-state index contributed by atoms with van der Waals surface area (Å²) < 4.78 is 56.2. The molecule has 1 atom stereocenters. The number of thiophene rings is 1. The second-order valence-electron chi connectivity index (χ2n) is 8.04. The zero-order valence-corrected chi connectivity index (χ0v) is 22.0. The van der Waals surface area contributed by atoms with E-state index in [-0.39, 0.29) is 35.0 Å². The van der Waals surface area contributed by atoms with E-state index in [1.54, 1.807) is 18.2 Å². The molecular weight excluding hydrogens is 515 g/mol. The van der Waals surface area contributed by atoms with Crippen LogP contribution in [0, 0.1) is 5.92 Å². The summed E-state index contributed by atoms with van der Waals surface area (Å²) in [7, 11) is -3.60. The highest BCUT2D eigenvalue weighted by molar-refractivity contribution is 8.13. The third-order valence-electron chi connectivity index (χ3n) is 4.81. The van der Waals surface area contributed by atoms with Gasteiger partial charge in [-0.1, -0.05) is 49.9 Å². The summed E-state index contributed by atoms with van der Waals surface area (Å²) in [4.78, 5) is 24.2. The maximum Gasteiger partial charge on any atom is 0.453 e. The van der Waals surface area contributed by atoms with Crippen LogP contribution in [-0.4, -0.2) is 30.4 Å². The van der Waals surface area contributed by atoms with Gasteiger partial charge in [0, 0.05) is 29.5 Å². The van der Waals surface area contributed by atoms with Crippen LogP contribution in [0.3, 0.4) is 0 Å². The molecule has 0 spiro atoms. The van der Waals surface area contributed by atoms with Crippen molar-refractivity contribution in [3.05, 3.63) is 65.0 Å². The Kier molecular flexibility index (Phi) is 9.10. The summed E-state index contributed by atoms with van der Waals surface area (Å²) in [5.74, 6) is -0.130. The predicted molar refractivity (Wildman–Crippen MR) is 137 cm³/mol. The van der Waals surface area contributed by atoms with Gasteiger partial charge >= 0.3 is 13.3 Å². The minimum Gasteiger partial charge on any atom is -0.420 e. The molecule has 188 valence electrons. The van der Waals surface area contributed by atoms with E-state index in [0.29, 0.717) is 21.4 Å². The van der Waals surface area contributed by atoms with E-state index < -0.39 is 18.8 Å². The van der Waals surface area contributed by atoms with Crippen molar-refractivity contribution < 1.29 is 32.0 Å². The van der Waals surface area contributed by atoms with E-state index in [2.05, 4.69) is 5.32 Å². The van der Waals surface area contributed by atoms with Gasteiger partial charge < -0.3 is 9.84 Å². The van der Waals surface area contributed by atoms with Crippen molar-refractivity contribution in [2.24, 2.45) is 5.92 Å². The van der Waals surface area contributed by atoms with Gasteiger partial charge in [0.2, 0.25) is 0 Å². The molecule has 3 aromatic rings. The molecule has 35 heavy (non-hydrogen) atoms. The van der Waals surface area contributed by atoms with Crippen molar-refractivity contribution in [2.75, 3.05) is 19.4 Å². The molecule has 11 heteroatoms. The van der Waals surface area contributed by atoms with Crippen molar-refractivity contribution in [2.45, 2.75) is 25.9 Å². The number of rotatable bonds is 11. The smallest absolute Gasteiger partial charge is 0.420 e. The van der Waals surface area contributed by atoms with Crippen molar-refractivity contribution in [1.29, 1.82) is 0 Å². The SMILES string of the molecule is CNC(=O)c1cc2cc(C(F)(F)P(=O)(OCCSC(=O)CC(C)C)Oc3ccccc3)ccc2s1. The summed E-state index contributed by atoms with van der Waals surface area (Å²) in [6.07, 6.45) is 0.345. The Balaban J connectivity index is 1.88. The molecule has 0 aliphatic carbocycles. The number of amides is 1. The minimum absolute atomic E-state index is 0.0300. The highest BCUT2D eigenvalue weighted by atomic mass is 32.2. The number of nitrogens with one attached hydrogen (secondary N) is 1. The van der Waals surface area contributed by atoms with E-state index in [0.717, 1.165) is 29.2 Å². The topological polar surface area (TPSA) is 81.7 Å². The molecule has 0 bridgehead atoms. The van der Waals surface area contributed by atoms with Gasteiger partial charge in [0.1, 0.15) is 5.75 Å². The number of carbonyl (C=O) groups is 2. The molecule has 0 aliphatic rings. The first-order chi connectivity index (χ1) is 16.6. The molecular formula is C24H26F2NO5PS2. The largest absolute Gasteiger partial charge is 0.453 e. The molecule has 1 amide bonds. The molecule has 1 aromatic heterocycles. The van der Waals surface area contributed by atoms with Crippen molar-refractivity contribution >= 4 is 51.8 Å². The standard InChI is InChI=1S/C24H26F2NO5PS2/c1-16(2)13-22(28)34-12-11-31-33(30,32-19-7-5-4-6-8-19)24(25,26)18-9-10-20-17(14-18)15-21(35-20)23(29)27-3/h4-10,14-16H,11-13H2,1-3H3,(H,27,29). The lowest BCUT2D eigenvalue weighted by molar-refractivity contribution is -0.111. The molecule has 1 heterocycles. The third kappa shape index (κ3) is 6.70. The number of para-hydroxylation sites is 1. The number of carbonyl (C=O) groups excluding carboxylic acids is 2. The Morgan fingerprint density at radius 2 is 1.86 bits per heavy atom. The van der Waals surface area contributed by atoms with Crippen molar-refractivity contribution in [1.82, 2.24) is 5.32 Å². The van der Waals surface area contributed by atoms with Crippen LogP contribution in [0.15, 0.2) is 54.6 Å². The van der Waals surface area contributed by atoms with Crippen LogP contribution in [0.1, 0.15) is 35.5 Å². The van der Waals surface area contributed by atoms with Gasteiger partial charge in [-0.25, -0.2) is 4.57 Å². The first-order valence-corrected chi connectivity index (χ1v) is 14.2. The molecule has 0 aliphatic heterocycles. The summed E-state index contributed by atoms with van der Waals surface area (Å²) in [5.41, 5.74) is -4.56. The zero-order valence-electron chi connectivity index (χ0n) is 19.5. The molecule has 0 radical (unpaired) electrons. The number of thioether (sulfide) groups is 1. The Morgan fingerprint density at radius 1 is 1.14 bits per heavy atom. The van der Waals surface area contributed by atoms with Crippen molar-refractivity contribution in [3.8, 4) is 5.75 Å². The summed E-state index contributed by atoms with van der Waals surface area (Å²) in [5, 5.41) is 2.81. The fourth-order valence-corrected chi connectivity index (χ4v) is 6.59. The summed E-state index contributed by atoms with van der Waals surface area (Å²) in [6, 6.07) is 12.9. The van der Waals surface area contributed by atoms with Crippen LogP contribution < -0.4 is 9.84 Å². The minimum atomic E-state index is -5.08.